The number of carbonyl (C=O) groups excluding carboxylic acids is 1. The van der Waals surface area contributed by atoms with Gasteiger partial charge >= 0.3 is 0 Å². The van der Waals surface area contributed by atoms with E-state index in [1.807, 2.05) is 0 Å². The predicted molar refractivity (Wildman–Crippen MR) is 86.2 cm³/mol. The van der Waals surface area contributed by atoms with Gasteiger partial charge in [-0.05, 0) is 32.0 Å². The molecule has 2 aromatic carbocycles. The van der Waals surface area contributed by atoms with Crippen molar-refractivity contribution in [2.75, 3.05) is 5.32 Å². The molecule has 0 aliphatic heterocycles. The molecule has 0 bridgehead atoms. The van der Waals surface area contributed by atoms with Crippen molar-refractivity contribution in [2.24, 2.45) is 0 Å². The third kappa shape index (κ3) is 4.58. The third-order valence-electron chi connectivity index (χ3n) is 3.06. The predicted octanol–water partition coefficient (Wildman–Crippen LogP) is 3.04. The van der Waals surface area contributed by atoms with Crippen molar-refractivity contribution in [2.45, 2.75) is 24.8 Å². The Balaban J connectivity index is 2.29. The Bertz CT molecular complexity index is 915. The lowest BCUT2D eigenvalue weighted by Gasteiger charge is -2.11. The first kappa shape index (κ1) is 18.9. The molecule has 0 radical (unpaired) electrons. The quantitative estimate of drug-likeness (QED) is 0.792. The molecule has 1 amide bonds. The van der Waals surface area contributed by atoms with Crippen LogP contribution in [0.3, 0.4) is 0 Å². The molecule has 5 nitrogen and oxygen atoms in total. The van der Waals surface area contributed by atoms with Crippen molar-refractivity contribution >= 4 is 21.6 Å². The first-order chi connectivity index (χ1) is 11.6. The highest BCUT2D eigenvalue weighted by atomic mass is 32.2. The van der Waals surface area contributed by atoms with Crippen LogP contribution in [0.1, 0.15) is 24.2 Å². The summed E-state index contributed by atoms with van der Waals surface area (Å²) in [6.07, 6.45) is 0. The monoisotopic (exact) mass is 372 g/mol. The standard InChI is InChI=1S/C16H15F3N2O3S/c1-9(2)21-25(23,24)11-5-3-4-10(6-11)16(22)20-15-8-13(18)12(17)7-14(15)19/h3-9,21H,1-2H3,(H,20,22). The fraction of sp³-hybridized carbons (Fsp3) is 0.188. The van der Waals surface area contributed by atoms with E-state index < -0.39 is 39.1 Å². The van der Waals surface area contributed by atoms with Gasteiger partial charge in [-0.15, -0.1) is 0 Å². The molecule has 0 aliphatic carbocycles. The third-order valence-corrected chi connectivity index (χ3v) is 4.71. The minimum atomic E-state index is -3.82. The van der Waals surface area contributed by atoms with E-state index in [2.05, 4.69) is 10.0 Å². The maximum Gasteiger partial charge on any atom is 0.255 e. The van der Waals surface area contributed by atoms with E-state index in [9.17, 15) is 26.4 Å². The Morgan fingerprint density at radius 2 is 1.64 bits per heavy atom. The average molecular weight is 372 g/mol. The normalized spacial score (nSPS) is 11.6. The van der Waals surface area contributed by atoms with Gasteiger partial charge in [0, 0.05) is 23.7 Å². The van der Waals surface area contributed by atoms with Gasteiger partial charge in [0.05, 0.1) is 10.6 Å². The Hall–Kier alpha value is -2.39. The summed E-state index contributed by atoms with van der Waals surface area (Å²) in [5.74, 6) is -4.73. The second-order valence-corrected chi connectivity index (χ2v) is 7.22. The Labute approximate surface area is 142 Å². The summed E-state index contributed by atoms with van der Waals surface area (Å²) in [7, 11) is -3.82. The fourth-order valence-electron chi connectivity index (χ4n) is 2.00. The molecule has 2 aromatic rings. The number of carbonyl (C=O) groups is 1. The molecular formula is C16H15F3N2O3S. The molecule has 0 fully saturated rings. The topological polar surface area (TPSA) is 75.3 Å². The van der Waals surface area contributed by atoms with Gasteiger partial charge in [-0.25, -0.2) is 26.3 Å². The lowest BCUT2D eigenvalue weighted by atomic mass is 10.2. The lowest BCUT2D eigenvalue weighted by molar-refractivity contribution is 0.102. The number of hydrogen-bond acceptors (Lipinski definition) is 3. The van der Waals surface area contributed by atoms with Crippen LogP contribution in [-0.2, 0) is 10.0 Å². The molecule has 0 saturated carbocycles. The first-order valence-electron chi connectivity index (χ1n) is 7.18. The fourth-order valence-corrected chi connectivity index (χ4v) is 3.29. The number of sulfonamides is 1. The Morgan fingerprint density at radius 1 is 1.00 bits per heavy atom. The molecule has 0 saturated heterocycles. The molecule has 0 aromatic heterocycles. The van der Waals surface area contributed by atoms with Gasteiger partial charge in [0.1, 0.15) is 5.82 Å². The summed E-state index contributed by atoms with van der Waals surface area (Å²) in [5.41, 5.74) is -0.645. The van der Waals surface area contributed by atoms with Gasteiger partial charge in [-0.3, -0.25) is 4.79 Å². The van der Waals surface area contributed by atoms with Crippen LogP contribution in [0.5, 0.6) is 0 Å². The molecule has 2 rings (SSSR count). The number of nitrogens with one attached hydrogen (secondary N) is 2. The van der Waals surface area contributed by atoms with E-state index in [0.717, 1.165) is 6.07 Å². The highest BCUT2D eigenvalue weighted by Crippen LogP contribution is 2.20. The van der Waals surface area contributed by atoms with E-state index in [-0.39, 0.29) is 16.5 Å². The number of hydrogen-bond donors (Lipinski definition) is 2. The van der Waals surface area contributed by atoms with Gasteiger partial charge in [0.25, 0.3) is 5.91 Å². The van der Waals surface area contributed by atoms with Crippen molar-refractivity contribution in [1.29, 1.82) is 0 Å². The SMILES string of the molecule is CC(C)NS(=O)(=O)c1cccc(C(=O)Nc2cc(F)c(F)cc2F)c1. The molecule has 0 spiro atoms. The summed E-state index contributed by atoms with van der Waals surface area (Å²) in [5, 5.41) is 2.08. The van der Waals surface area contributed by atoms with Crippen LogP contribution in [0.25, 0.3) is 0 Å². The van der Waals surface area contributed by atoms with Crippen molar-refractivity contribution in [3.05, 3.63) is 59.4 Å². The van der Waals surface area contributed by atoms with Gasteiger partial charge < -0.3 is 5.32 Å². The van der Waals surface area contributed by atoms with E-state index in [1.54, 1.807) is 13.8 Å². The zero-order chi connectivity index (χ0) is 18.8. The van der Waals surface area contributed by atoms with Gasteiger partial charge in [-0.1, -0.05) is 6.07 Å². The van der Waals surface area contributed by atoms with Crippen LogP contribution in [-0.4, -0.2) is 20.4 Å². The minimum absolute atomic E-state index is 0.0873. The van der Waals surface area contributed by atoms with E-state index in [1.165, 1.54) is 18.2 Å². The average Bonchev–Trinajstić information content (AvgIpc) is 2.51. The number of rotatable bonds is 5. The smallest absolute Gasteiger partial charge is 0.255 e. The highest BCUT2D eigenvalue weighted by molar-refractivity contribution is 7.89. The molecule has 0 unspecified atom stereocenters. The summed E-state index contributed by atoms with van der Waals surface area (Å²) in [4.78, 5) is 12.0. The van der Waals surface area contributed by atoms with Crippen molar-refractivity contribution in [3.8, 4) is 0 Å². The molecule has 9 heteroatoms. The van der Waals surface area contributed by atoms with Gasteiger partial charge in [-0.2, -0.15) is 0 Å². The summed E-state index contributed by atoms with van der Waals surface area (Å²) < 4.78 is 66.3. The molecule has 2 N–H and O–H groups in total. The Kier molecular flexibility index (Phi) is 5.48. The molecule has 0 heterocycles. The molecule has 0 aliphatic rings. The van der Waals surface area contributed by atoms with Crippen LogP contribution in [0.4, 0.5) is 18.9 Å². The Morgan fingerprint density at radius 3 is 2.28 bits per heavy atom. The second kappa shape index (κ2) is 7.24. The molecule has 0 atom stereocenters. The van der Waals surface area contributed by atoms with Gasteiger partial charge in [0.2, 0.25) is 10.0 Å². The summed E-state index contributed by atoms with van der Waals surface area (Å²) in [6, 6.07) is 5.49. The van der Waals surface area contributed by atoms with Crippen LogP contribution in [0.2, 0.25) is 0 Å². The number of anilines is 1. The van der Waals surface area contributed by atoms with Crippen molar-refractivity contribution in [3.63, 3.8) is 0 Å². The zero-order valence-corrected chi connectivity index (χ0v) is 14.1. The van der Waals surface area contributed by atoms with Gasteiger partial charge in [0.15, 0.2) is 11.6 Å². The summed E-state index contributed by atoms with van der Waals surface area (Å²) >= 11 is 0. The molecular weight excluding hydrogens is 357 g/mol. The molecule has 134 valence electrons. The second-order valence-electron chi connectivity index (χ2n) is 5.50. The van der Waals surface area contributed by atoms with Crippen molar-refractivity contribution in [1.82, 2.24) is 4.72 Å². The van der Waals surface area contributed by atoms with E-state index in [0.29, 0.717) is 12.1 Å². The van der Waals surface area contributed by atoms with Crippen LogP contribution in [0, 0.1) is 17.5 Å². The van der Waals surface area contributed by atoms with Crippen molar-refractivity contribution < 1.29 is 26.4 Å². The molecule has 25 heavy (non-hydrogen) atoms. The van der Waals surface area contributed by atoms with Crippen LogP contribution >= 0.6 is 0 Å². The highest BCUT2D eigenvalue weighted by Gasteiger charge is 2.18. The number of benzene rings is 2. The van der Waals surface area contributed by atoms with E-state index >= 15 is 0 Å². The maximum atomic E-state index is 13.6. The number of halogens is 3. The maximum absolute atomic E-state index is 13.6. The van der Waals surface area contributed by atoms with E-state index in [4.69, 9.17) is 0 Å². The zero-order valence-electron chi connectivity index (χ0n) is 13.3. The van der Waals surface area contributed by atoms with Crippen LogP contribution in [0.15, 0.2) is 41.3 Å². The summed E-state index contributed by atoms with van der Waals surface area (Å²) in [6.45, 7) is 3.28. The minimum Gasteiger partial charge on any atom is -0.319 e. The lowest BCUT2D eigenvalue weighted by Crippen LogP contribution is -2.30. The largest absolute Gasteiger partial charge is 0.319 e. The number of amides is 1. The first-order valence-corrected chi connectivity index (χ1v) is 8.67. The van der Waals surface area contributed by atoms with Crippen LogP contribution < -0.4 is 10.0 Å².